The Kier molecular flexibility index (Phi) is 6.67. The van der Waals surface area contributed by atoms with E-state index in [0.29, 0.717) is 26.3 Å². The van der Waals surface area contributed by atoms with Crippen molar-refractivity contribution in [2.45, 2.75) is 12.6 Å². The lowest BCUT2D eigenvalue weighted by molar-refractivity contribution is 0.0167. The summed E-state index contributed by atoms with van der Waals surface area (Å²) in [5, 5.41) is 9.98. The molecule has 1 fully saturated rings. The van der Waals surface area contributed by atoms with Crippen LogP contribution in [0.4, 0.5) is 4.79 Å². The molecule has 0 aliphatic carbocycles. The van der Waals surface area contributed by atoms with Gasteiger partial charge in [-0.15, -0.1) is 0 Å². The van der Waals surface area contributed by atoms with Crippen molar-refractivity contribution in [3.05, 3.63) is 47.8 Å². The van der Waals surface area contributed by atoms with E-state index in [9.17, 15) is 4.79 Å². The van der Waals surface area contributed by atoms with Gasteiger partial charge in [-0.1, -0.05) is 12.1 Å². The van der Waals surface area contributed by atoms with Crippen LogP contribution in [0.3, 0.4) is 0 Å². The highest BCUT2D eigenvalue weighted by atomic mass is 16.5. The summed E-state index contributed by atoms with van der Waals surface area (Å²) >= 11 is 0. The highest BCUT2D eigenvalue weighted by Crippen LogP contribution is 2.23. The van der Waals surface area contributed by atoms with Crippen LogP contribution >= 0.6 is 0 Å². The minimum atomic E-state index is -0.192. The molecule has 2 heterocycles. The number of carbonyl (C=O) groups is 1. The third-order valence-electron chi connectivity index (χ3n) is 4.80. The molecule has 1 aliphatic heterocycles. The van der Waals surface area contributed by atoms with Crippen molar-refractivity contribution in [3.8, 4) is 5.75 Å². The summed E-state index contributed by atoms with van der Waals surface area (Å²) in [5.41, 5.74) is 2.09. The molecule has 1 atom stereocenters. The molecule has 2 N–H and O–H groups in total. The highest BCUT2D eigenvalue weighted by molar-refractivity contribution is 5.73. The number of carbonyl (C=O) groups excluding carboxylic acids is 1. The molecule has 8 heteroatoms. The number of morpholine rings is 1. The molecule has 0 saturated carbocycles. The maximum absolute atomic E-state index is 12.3. The van der Waals surface area contributed by atoms with Gasteiger partial charge in [0.25, 0.3) is 0 Å². The minimum Gasteiger partial charge on any atom is -0.497 e. The monoisotopic (exact) mass is 373 g/mol. The maximum Gasteiger partial charge on any atom is 0.315 e. The van der Waals surface area contributed by atoms with E-state index in [2.05, 4.69) is 20.6 Å². The molecule has 1 aromatic carbocycles. The Hall–Kier alpha value is -2.58. The number of nitrogens with one attached hydrogen (secondary N) is 2. The van der Waals surface area contributed by atoms with Crippen molar-refractivity contribution in [1.82, 2.24) is 25.3 Å². The van der Waals surface area contributed by atoms with Crippen LogP contribution in [0, 0.1) is 0 Å². The Morgan fingerprint density at radius 1 is 1.22 bits per heavy atom. The van der Waals surface area contributed by atoms with Crippen LogP contribution in [0.15, 0.2) is 36.5 Å². The number of aromatic nitrogens is 2. The van der Waals surface area contributed by atoms with Gasteiger partial charge in [0.15, 0.2) is 0 Å². The SMILES string of the molecule is COc1ccc(C(CNC(=O)NCc2ccnn2C)N2CCOCC2)cc1. The van der Waals surface area contributed by atoms with E-state index in [1.807, 2.05) is 37.4 Å². The summed E-state index contributed by atoms with van der Waals surface area (Å²) in [6.45, 7) is 4.05. The average Bonchev–Trinajstić information content (AvgIpc) is 3.12. The number of amides is 2. The van der Waals surface area contributed by atoms with Gasteiger partial charge < -0.3 is 20.1 Å². The minimum absolute atomic E-state index is 0.0854. The van der Waals surface area contributed by atoms with Crippen molar-refractivity contribution >= 4 is 6.03 Å². The van der Waals surface area contributed by atoms with Gasteiger partial charge >= 0.3 is 6.03 Å². The third kappa shape index (κ3) is 5.21. The Labute approximate surface area is 159 Å². The van der Waals surface area contributed by atoms with Gasteiger partial charge in [-0.05, 0) is 23.8 Å². The molecule has 1 unspecified atom stereocenters. The second-order valence-electron chi connectivity index (χ2n) is 6.45. The molecule has 3 rings (SSSR count). The van der Waals surface area contributed by atoms with Crippen molar-refractivity contribution < 1.29 is 14.3 Å². The van der Waals surface area contributed by atoms with Crippen LogP contribution in [0.25, 0.3) is 0 Å². The number of methoxy groups -OCH3 is 1. The molecule has 1 saturated heterocycles. The summed E-state index contributed by atoms with van der Waals surface area (Å²) in [5.74, 6) is 0.821. The summed E-state index contributed by atoms with van der Waals surface area (Å²) < 4.78 is 12.5. The summed E-state index contributed by atoms with van der Waals surface area (Å²) in [6, 6.07) is 9.78. The molecule has 146 valence electrons. The fraction of sp³-hybridized carbons (Fsp3) is 0.474. The van der Waals surface area contributed by atoms with E-state index in [1.54, 1.807) is 18.0 Å². The van der Waals surface area contributed by atoms with Crippen molar-refractivity contribution in [1.29, 1.82) is 0 Å². The number of urea groups is 1. The van der Waals surface area contributed by atoms with Crippen LogP contribution in [-0.4, -0.2) is 60.7 Å². The Morgan fingerprint density at radius 3 is 2.59 bits per heavy atom. The van der Waals surface area contributed by atoms with E-state index >= 15 is 0 Å². The lowest BCUT2D eigenvalue weighted by Gasteiger charge is -2.35. The maximum atomic E-state index is 12.3. The molecular formula is C19H27N5O3. The van der Waals surface area contributed by atoms with Gasteiger partial charge in [-0.25, -0.2) is 4.79 Å². The van der Waals surface area contributed by atoms with Crippen molar-refractivity contribution in [3.63, 3.8) is 0 Å². The molecule has 27 heavy (non-hydrogen) atoms. The van der Waals surface area contributed by atoms with Gasteiger partial charge in [0.2, 0.25) is 0 Å². The molecule has 0 bridgehead atoms. The lowest BCUT2D eigenvalue weighted by atomic mass is 10.0. The standard InChI is InChI=1S/C19H27N5O3/c1-23-16(7-8-22-23)13-20-19(25)21-14-18(24-9-11-27-12-10-24)15-3-5-17(26-2)6-4-15/h3-8,18H,9-14H2,1-2H3,(H2,20,21,25). The molecule has 1 aliphatic rings. The fourth-order valence-corrected chi connectivity index (χ4v) is 3.17. The molecule has 0 radical (unpaired) electrons. The van der Waals surface area contributed by atoms with E-state index in [1.165, 1.54) is 0 Å². The molecule has 2 aromatic rings. The first-order chi connectivity index (χ1) is 13.2. The number of nitrogens with zero attached hydrogens (tertiary/aromatic N) is 3. The second kappa shape index (κ2) is 9.38. The number of hydrogen-bond acceptors (Lipinski definition) is 5. The summed E-state index contributed by atoms with van der Waals surface area (Å²) in [7, 11) is 3.51. The van der Waals surface area contributed by atoms with E-state index in [4.69, 9.17) is 9.47 Å². The molecular weight excluding hydrogens is 346 g/mol. The van der Waals surface area contributed by atoms with Gasteiger partial charge in [-0.2, -0.15) is 5.10 Å². The zero-order valence-corrected chi connectivity index (χ0v) is 15.9. The Bertz CT molecular complexity index is 725. The van der Waals surface area contributed by atoms with E-state index in [-0.39, 0.29) is 12.1 Å². The molecule has 1 aromatic heterocycles. The molecule has 0 spiro atoms. The first-order valence-corrected chi connectivity index (χ1v) is 9.11. The number of benzene rings is 1. The van der Waals surface area contributed by atoms with Crippen molar-refractivity contribution in [2.24, 2.45) is 7.05 Å². The van der Waals surface area contributed by atoms with Crippen LogP contribution < -0.4 is 15.4 Å². The first-order valence-electron chi connectivity index (χ1n) is 9.11. The van der Waals surface area contributed by atoms with Crippen LogP contribution in [-0.2, 0) is 18.3 Å². The fourth-order valence-electron chi connectivity index (χ4n) is 3.17. The third-order valence-corrected chi connectivity index (χ3v) is 4.80. The second-order valence-corrected chi connectivity index (χ2v) is 6.45. The predicted molar refractivity (Wildman–Crippen MR) is 102 cm³/mol. The average molecular weight is 373 g/mol. The summed E-state index contributed by atoms with van der Waals surface area (Å²) in [6.07, 6.45) is 1.72. The largest absolute Gasteiger partial charge is 0.497 e. The number of hydrogen-bond donors (Lipinski definition) is 2. The van der Waals surface area contributed by atoms with Crippen LogP contribution in [0.5, 0.6) is 5.75 Å². The number of aryl methyl sites for hydroxylation is 1. The van der Waals surface area contributed by atoms with Gasteiger partial charge in [0.05, 0.1) is 38.6 Å². The topological polar surface area (TPSA) is 80.7 Å². The quantitative estimate of drug-likeness (QED) is 0.765. The molecule has 2 amide bonds. The Morgan fingerprint density at radius 2 is 1.96 bits per heavy atom. The zero-order valence-electron chi connectivity index (χ0n) is 15.9. The van der Waals surface area contributed by atoms with Gasteiger partial charge in [-0.3, -0.25) is 9.58 Å². The molecule has 8 nitrogen and oxygen atoms in total. The van der Waals surface area contributed by atoms with Gasteiger partial charge in [0, 0.05) is 32.9 Å². The number of rotatable bonds is 7. The van der Waals surface area contributed by atoms with Gasteiger partial charge in [0.1, 0.15) is 5.75 Å². The van der Waals surface area contributed by atoms with Crippen molar-refractivity contribution in [2.75, 3.05) is 40.0 Å². The first kappa shape index (κ1) is 19.2. The Balaban J connectivity index is 1.60. The van der Waals surface area contributed by atoms with Crippen LogP contribution in [0.1, 0.15) is 17.3 Å². The highest BCUT2D eigenvalue weighted by Gasteiger charge is 2.23. The lowest BCUT2D eigenvalue weighted by Crippen LogP contribution is -2.45. The smallest absolute Gasteiger partial charge is 0.315 e. The zero-order chi connectivity index (χ0) is 19.1. The predicted octanol–water partition coefficient (Wildman–Crippen LogP) is 1.30. The van der Waals surface area contributed by atoms with E-state index < -0.39 is 0 Å². The summed E-state index contributed by atoms with van der Waals surface area (Å²) in [4.78, 5) is 14.6. The normalized spacial score (nSPS) is 15.9. The van der Waals surface area contributed by atoms with Crippen LogP contribution in [0.2, 0.25) is 0 Å². The number of ether oxygens (including phenoxy) is 2. The van der Waals surface area contributed by atoms with E-state index in [0.717, 1.165) is 30.1 Å².